The molecular weight excluding hydrogens is 527 g/mol. The van der Waals surface area contributed by atoms with Crippen LogP contribution in [0.1, 0.15) is 11.1 Å². The van der Waals surface area contributed by atoms with E-state index < -0.39 is 0 Å². The van der Waals surface area contributed by atoms with E-state index in [0.29, 0.717) is 33.8 Å². The van der Waals surface area contributed by atoms with Crippen molar-refractivity contribution in [2.75, 3.05) is 0 Å². The van der Waals surface area contributed by atoms with Gasteiger partial charge in [-0.2, -0.15) is 9.78 Å². The van der Waals surface area contributed by atoms with Crippen LogP contribution in [0.5, 0.6) is 0 Å². The lowest BCUT2D eigenvalue weighted by Crippen LogP contribution is -2.20. The SMILES string of the molecule is O=c1c2ccccc2nc(-c2cc3cc(Cl)ccc3o2)n1N=Cc1cn(Cc2cccc(F)c2)c2ccccc12. The Balaban J connectivity index is 1.38. The van der Waals surface area contributed by atoms with Crippen LogP contribution in [-0.4, -0.2) is 20.4 Å². The Hall–Kier alpha value is -5.01. The normalized spacial score (nSPS) is 11.8. The number of furan rings is 1. The average molecular weight is 547 g/mol. The van der Waals surface area contributed by atoms with Gasteiger partial charge in [0.1, 0.15) is 11.4 Å². The summed E-state index contributed by atoms with van der Waals surface area (Å²) in [5.74, 6) is 0.390. The third-order valence-electron chi connectivity index (χ3n) is 6.83. The monoisotopic (exact) mass is 546 g/mol. The summed E-state index contributed by atoms with van der Waals surface area (Å²) in [6, 6.07) is 28.7. The summed E-state index contributed by atoms with van der Waals surface area (Å²) in [7, 11) is 0. The summed E-state index contributed by atoms with van der Waals surface area (Å²) in [6.45, 7) is 0.483. The van der Waals surface area contributed by atoms with Crippen LogP contribution in [0, 0.1) is 5.82 Å². The second kappa shape index (κ2) is 9.63. The highest BCUT2D eigenvalue weighted by atomic mass is 35.5. The van der Waals surface area contributed by atoms with Crippen LogP contribution in [0.3, 0.4) is 0 Å². The molecule has 0 radical (unpaired) electrons. The smallest absolute Gasteiger partial charge is 0.282 e. The number of hydrogen-bond acceptors (Lipinski definition) is 4. The Kier molecular flexibility index (Phi) is 5.79. The lowest BCUT2D eigenvalue weighted by Gasteiger charge is -2.07. The summed E-state index contributed by atoms with van der Waals surface area (Å²) in [4.78, 5) is 18.4. The molecule has 0 aliphatic rings. The molecule has 0 atom stereocenters. The summed E-state index contributed by atoms with van der Waals surface area (Å²) < 4.78 is 23.2. The summed E-state index contributed by atoms with van der Waals surface area (Å²) >= 11 is 6.18. The van der Waals surface area contributed by atoms with Crippen LogP contribution in [0.25, 0.3) is 44.4 Å². The molecule has 0 saturated heterocycles. The molecule has 0 saturated carbocycles. The number of para-hydroxylation sites is 2. The van der Waals surface area contributed by atoms with Crippen LogP contribution in [0.2, 0.25) is 5.02 Å². The van der Waals surface area contributed by atoms with Crippen LogP contribution >= 0.6 is 11.6 Å². The van der Waals surface area contributed by atoms with Crippen molar-refractivity contribution in [2.45, 2.75) is 6.54 Å². The quantitative estimate of drug-likeness (QED) is 0.210. The molecule has 0 aliphatic carbocycles. The molecule has 40 heavy (non-hydrogen) atoms. The van der Waals surface area contributed by atoms with Gasteiger partial charge in [0, 0.05) is 39.6 Å². The van der Waals surface area contributed by atoms with E-state index in [9.17, 15) is 9.18 Å². The van der Waals surface area contributed by atoms with Gasteiger partial charge in [0.15, 0.2) is 5.76 Å². The molecule has 0 spiro atoms. The highest BCUT2D eigenvalue weighted by molar-refractivity contribution is 6.31. The van der Waals surface area contributed by atoms with Crippen molar-refractivity contribution < 1.29 is 8.81 Å². The first-order valence-electron chi connectivity index (χ1n) is 12.6. The average Bonchev–Trinajstić information content (AvgIpc) is 3.53. The van der Waals surface area contributed by atoms with Crippen molar-refractivity contribution in [1.82, 2.24) is 14.2 Å². The van der Waals surface area contributed by atoms with Crippen molar-refractivity contribution >= 4 is 50.6 Å². The fourth-order valence-electron chi connectivity index (χ4n) is 4.98. The number of fused-ring (bicyclic) bond motifs is 3. The van der Waals surface area contributed by atoms with Crippen molar-refractivity contribution in [3.05, 3.63) is 136 Å². The molecule has 3 aromatic heterocycles. The number of aromatic nitrogens is 3. The molecule has 0 unspecified atom stereocenters. The number of rotatable bonds is 5. The first kappa shape index (κ1) is 24.1. The maximum Gasteiger partial charge on any atom is 0.282 e. The second-order valence-corrected chi connectivity index (χ2v) is 9.90. The Morgan fingerprint density at radius 1 is 0.925 bits per heavy atom. The molecule has 4 aromatic carbocycles. The van der Waals surface area contributed by atoms with E-state index in [1.165, 1.54) is 16.8 Å². The highest BCUT2D eigenvalue weighted by Gasteiger charge is 2.17. The van der Waals surface area contributed by atoms with Crippen molar-refractivity contribution in [2.24, 2.45) is 5.10 Å². The molecule has 8 heteroatoms. The third-order valence-corrected chi connectivity index (χ3v) is 7.06. The predicted molar refractivity (Wildman–Crippen MR) is 157 cm³/mol. The van der Waals surface area contributed by atoms with E-state index in [1.807, 2.05) is 47.2 Å². The van der Waals surface area contributed by atoms with Gasteiger partial charge in [-0.3, -0.25) is 4.79 Å². The van der Waals surface area contributed by atoms with Crippen LogP contribution in [0.15, 0.2) is 118 Å². The topological polar surface area (TPSA) is 65.3 Å². The van der Waals surface area contributed by atoms with Crippen LogP contribution in [0.4, 0.5) is 4.39 Å². The molecule has 0 aliphatic heterocycles. The van der Waals surface area contributed by atoms with Gasteiger partial charge in [-0.25, -0.2) is 9.37 Å². The second-order valence-electron chi connectivity index (χ2n) is 9.47. The number of nitrogens with zero attached hydrogens (tertiary/aromatic N) is 4. The van der Waals surface area contributed by atoms with Gasteiger partial charge >= 0.3 is 0 Å². The lowest BCUT2D eigenvalue weighted by atomic mass is 10.2. The lowest BCUT2D eigenvalue weighted by molar-refractivity contribution is 0.616. The molecular formula is C32H20ClFN4O2. The fourth-order valence-corrected chi connectivity index (χ4v) is 5.16. The maximum atomic E-state index is 13.8. The number of halogens is 2. The van der Waals surface area contributed by atoms with Gasteiger partial charge in [0.05, 0.1) is 17.1 Å². The summed E-state index contributed by atoms with van der Waals surface area (Å²) in [5, 5.41) is 7.39. The minimum Gasteiger partial charge on any atom is -0.453 e. The number of benzene rings is 4. The third kappa shape index (κ3) is 4.26. The van der Waals surface area contributed by atoms with Gasteiger partial charge in [-0.05, 0) is 60.2 Å². The van der Waals surface area contributed by atoms with E-state index in [4.69, 9.17) is 21.0 Å². The van der Waals surface area contributed by atoms with Crippen molar-refractivity contribution in [3.63, 3.8) is 0 Å². The first-order chi connectivity index (χ1) is 19.5. The zero-order chi connectivity index (χ0) is 27.2. The molecule has 0 amide bonds. The van der Waals surface area contributed by atoms with Gasteiger partial charge in [-0.1, -0.05) is 54.1 Å². The van der Waals surface area contributed by atoms with Crippen molar-refractivity contribution in [3.8, 4) is 11.6 Å². The largest absolute Gasteiger partial charge is 0.453 e. The predicted octanol–water partition coefficient (Wildman–Crippen LogP) is 7.49. The Morgan fingerprint density at radius 2 is 1.75 bits per heavy atom. The Bertz CT molecular complexity index is 2160. The van der Waals surface area contributed by atoms with Gasteiger partial charge in [0.2, 0.25) is 5.82 Å². The molecule has 7 rings (SSSR count). The van der Waals surface area contributed by atoms with E-state index in [-0.39, 0.29) is 17.2 Å². The maximum absolute atomic E-state index is 13.8. The standard InChI is InChI=1S/C32H20ClFN4O2/c33-23-12-13-29-21(15-23)16-30(40-29)31-36-27-10-3-1-9-26(27)32(39)38(31)35-17-22-19-37(28-11-4-2-8-25(22)28)18-20-6-5-7-24(34)14-20/h1-17,19H,18H2. The molecule has 0 fully saturated rings. The van der Waals surface area contributed by atoms with E-state index in [2.05, 4.69) is 5.10 Å². The molecule has 3 heterocycles. The molecule has 194 valence electrons. The minimum absolute atomic E-state index is 0.274. The van der Waals surface area contributed by atoms with E-state index >= 15 is 0 Å². The zero-order valence-corrected chi connectivity index (χ0v) is 21.7. The van der Waals surface area contributed by atoms with Gasteiger partial charge < -0.3 is 8.98 Å². The van der Waals surface area contributed by atoms with E-state index in [0.717, 1.165) is 27.4 Å². The Labute approximate surface area is 232 Å². The molecule has 0 bridgehead atoms. The van der Waals surface area contributed by atoms with Crippen LogP contribution in [-0.2, 0) is 6.54 Å². The Morgan fingerprint density at radius 3 is 2.62 bits per heavy atom. The molecule has 6 nitrogen and oxygen atoms in total. The summed E-state index contributed by atoms with van der Waals surface area (Å²) in [5.41, 5.74) is 3.45. The first-order valence-corrected chi connectivity index (χ1v) is 13.0. The highest BCUT2D eigenvalue weighted by Crippen LogP contribution is 2.29. The summed E-state index contributed by atoms with van der Waals surface area (Å²) in [6.07, 6.45) is 3.59. The van der Waals surface area contributed by atoms with Gasteiger partial charge in [0.25, 0.3) is 5.56 Å². The fraction of sp³-hybridized carbons (Fsp3) is 0.0312. The zero-order valence-electron chi connectivity index (χ0n) is 21.0. The number of hydrogen-bond donors (Lipinski definition) is 0. The van der Waals surface area contributed by atoms with Crippen molar-refractivity contribution in [1.29, 1.82) is 0 Å². The molecule has 0 N–H and O–H groups in total. The van der Waals surface area contributed by atoms with Crippen LogP contribution < -0.4 is 5.56 Å². The van der Waals surface area contributed by atoms with Gasteiger partial charge in [-0.15, -0.1) is 0 Å². The minimum atomic E-state index is -0.321. The molecule has 7 aromatic rings. The van der Waals surface area contributed by atoms with E-state index in [1.54, 1.807) is 54.7 Å².